The Kier molecular flexibility index (Phi) is 4.70. The molecule has 0 N–H and O–H groups in total. The van der Waals surface area contributed by atoms with Crippen LogP contribution in [0.3, 0.4) is 0 Å². The van der Waals surface area contributed by atoms with Crippen LogP contribution in [0.15, 0.2) is 36.4 Å². The van der Waals surface area contributed by atoms with Crippen molar-refractivity contribution in [3.8, 4) is 5.30 Å². The number of hydrogen-bond donors (Lipinski definition) is 0. The van der Waals surface area contributed by atoms with E-state index in [2.05, 4.69) is 55.1 Å². The first-order chi connectivity index (χ1) is 10.3. The van der Waals surface area contributed by atoms with E-state index >= 15 is 0 Å². The van der Waals surface area contributed by atoms with Crippen molar-refractivity contribution in [1.29, 1.82) is 0 Å². The van der Waals surface area contributed by atoms with Gasteiger partial charge in [-0.2, -0.15) is 0 Å². The van der Waals surface area contributed by atoms with Gasteiger partial charge < -0.3 is 4.90 Å². The Bertz CT molecular complexity index is 579. The molecule has 2 aromatic rings. The van der Waals surface area contributed by atoms with Gasteiger partial charge in [0, 0.05) is 18.4 Å². The zero-order valence-corrected chi connectivity index (χ0v) is 14.2. The molecule has 1 aliphatic heterocycles. The molecular formula is C19H26NP. The first-order valence-corrected chi connectivity index (χ1v) is 9.73. The highest BCUT2D eigenvalue weighted by atomic mass is 31.1. The average molecular weight is 299 g/mol. The SMILES string of the molecule is CCc1cc(CC)p(-c2ccccc2)c1N1CCCCC1. The molecule has 1 aliphatic rings. The Morgan fingerprint density at radius 3 is 2.29 bits per heavy atom. The van der Waals surface area contributed by atoms with Gasteiger partial charge in [-0.25, -0.2) is 0 Å². The van der Waals surface area contributed by atoms with Gasteiger partial charge in [-0.05, 0) is 49.0 Å². The van der Waals surface area contributed by atoms with Crippen molar-refractivity contribution >= 4 is 13.0 Å². The molecule has 2 heterocycles. The topological polar surface area (TPSA) is 3.24 Å². The second-order valence-corrected chi connectivity index (χ2v) is 8.10. The predicted molar refractivity (Wildman–Crippen MR) is 95.3 cm³/mol. The summed E-state index contributed by atoms with van der Waals surface area (Å²) in [7, 11) is -0.269. The van der Waals surface area contributed by atoms with Gasteiger partial charge >= 0.3 is 0 Å². The van der Waals surface area contributed by atoms with Gasteiger partial charge in [0.1, 0.15) is 0 Å². The van der Waals surface area contributed by atoms with E-state index in [1.165, 1.54) is 50.5 Å². The number of piperidine rings is 1. The third-order valence-electron chi connectivity index (χ3n) is 4.54. The molecule has 3 rings (SSSR count). The highest BCUT2D eigenvalue weighted by Crippen LogP contribution is 2.56. The van der Waals surface area contributed by atoms with Crippen molar-refractivity contribution in [2.45, 2.75) is 46.0 Å². The molecule has 21 heavy (non-hydrogen) atoms. The van der Waals surface area contributed by atoms with Crippen LogP contribution >= 0.6 is 7.53 Å². The second kappa shape index (κ2) is 6.71. The Labute approximate surface area is 130 Å². The normalized spacial score (nSPS) is 16.3. The summed E-state index contributed by atoms with van der Waals surface area (Å²) in [6.07, 6.45) is 6.48. The summed E-state index contributed by atoms with van der Waals surface area (Å²) in [4.78, 5) is 2.71. The Morgan fingerprint density at radius 1 is 0.952 bits per heavy atom. The molecule has 0 radical (unpaired) electrons. The molecule has 1 unspecified atom stereocenters. The second-order valence-electron chi connectivity index (χ2n) is 5.91. The van der Waals surface area contributed by atoms with E-state index in [0.717, 1.165) is 0 Å². The summed E-state index contributed by atoms with van der Waals surface area (Å²) in [5.74, 6) is 0. The van der Waals surface area contributed by atoms with Crippen molar-refractivity contribution in [2.75, 3.05) is 18.0 Å². The summed E-state index contributed by atoms with van der Waals surface area (Å²) in [6, 6.07) is 13.7. The molecule has 0 bridgehead atoms. The van der Waals surface area contributed by atoms with E-state index in [-0.39, 0.29) is 7.53 Å². The summed E-state index contributed by atoms with van der Waals surface area (Å²) >= 11 is 0. The van der Waals surface area contributed by atoms with Crippen molar-refractivity contribution in [3.05, 3.63) is 47.3 Å². The predicted octanol–water partition coefficient (Wildman–Crippen LogP) is 5.78. The minimum atomic E-state index is -0.269. The number of aryl methyl sites for hydroxylation is 2. The maximum Gasteiger partial charge on any atom is 0.0641 e. The molecule has 0 spiro atoms. The summed E-state index contributed by atoms with van der Waals surface area (Å²) in [6.45, 7) is 7.15. The van der Waals surface area contributed by atoms with Gasteiger partial charge in [0.15, 0.2) is 0 Å². The first-order valence-electron chi connectivity index (χ1n) is 8.39. The standard InChI is InChI=1S/C19H26NP/c1-3-16-15-17(4-2)21(18-11-7-5-8-12-18)19(16)20-13-9-6-10-14-20/h5,7-8,11-12,15H,3-4,6,9-10,13-14H2,1-2H3. The van der Waals surface area contributed by atoms with Crippen molar-refractivity contribution in [1.82, 2.24) is 0 Å². The summed E-state index contributed by atoms with van der Waals surface area (Å²) < 4.78 is 0. The number of rotatable bonds is 4. The van der Waals surface area contributed by atoms with Gasteiger partial charge in [-0.15, -0.1) is 0 Å². The van der Waals surface area contributed by atoms with Gasteiger partial charge in [0.05, 0.1) is 5.42 Å². The fraction of sp³-hybridized carbons (Fsp3) is 0.474. The molecule has 0 saturated carbocycles. The highest BCUT2D eigenvalue weighted by molar-refractivity contribution is 7.61. The van der Waals surface area contributed by atoms with Crippen LogP contribution < -0.4 is 4.90 Å². The van der Waals surface area contributed by atoms with Crippen molar-refractivity contribution < 1.29 is 0 Å². The van der Waals surface area contributed by atoms with Crippen LogP contribution in [0, 0.1) is 0 Å². The van der Waals surface area contributed by atoms with Gasteiger partial charge in [-0.1, -0.05) is 51.7 Å². The van der Waals surface area contributed by atoms with Crippen LogP contribution in [-0.4, -0.2) is 13.1 Å². The maximum absolute atomic E-state index is 2.71. The first kappa shape index (κ1) is 14.7. The molecule has 1 saturated heterocycles. The lowest BCUT2D eigenvalue weighted by Gasteiger charge is -2.31. The van der Waals surface area contributed by atoms with Crippen molar-refractivity contribution in [2.24, 2.45) is 0 Å². The molecule has 1 aromatic heterocycles. The van der Waals surface area contributed by atoms with Gasteiger partial charge in [0.2, 0.25) is 0 Å². The van der Waals surface area contributed by atoms with Gasteiger partial charge in [-0.3, -0.25) is 0 Å². The Hall–Kier alpha value is -1.20. The van der Waals surface area contributed by atoms with Crippen molar-refractivity contribution in [3.63, 3.8) is 0 Å². The average Bonchev–Trinajstić information content (AvgIpc) is 2.95. The smallest absolute Gasteiger partial charge is 0.0641 e. The molecule has 1 nitrogen and oxygen atoms in total. The number of benzene rings is 1. The zero-order valence-electron chi connectivity index (χ0n) is 13.3. The summed E-state index contributed by atoms with van der Waals surface area (Å²) in [5.41, 5.74) is 3.28. The van der Waals surface area contributed by atoms with Gasteiger partial charge in [0.25, 0.3) is 0 Å². The Balaban J connectivity index is 2.13. The molecule has 1 fully saturated rings. The van der Waals surface area contributed by atoms with Crippen LogP contribution in [0.1, 0.15) is 44.0 Å². The highest BCUT2D eigenvalue weighted by Gasteiger charge is 2.22. The van der Waals surface area contributed by atoms with Crippen LogP contribution in [0.25, 0.3) is 5.30 Å². The van der Waals surface area contributed by atoms with Crippen LogP contribution in [0.4, 0.5) is 5.42 Å². The minimum Gasteiger partial charge on any atom is -0.368 e. The molecule has 1 atom stereocenters. The molecule has 0 amide bonds. The van der Waals surface area contributed by atoms with E-state index in [9.17, 15) is 0 Å². The third kappa shape index (κ3) is 2.90. The maximum atomic E-state index is 2.71. The van der Waals surface area contributed by atoms with E-state index < -0.39 is 0 Å². The molecule has 1 aromatic carbocycles. The molecule has 0 aliphatic carbocycles. The third-order valence-corrected chi connectivity index (χ3v) is 7.37. The van der Waals surface area contributed by atoms with Crippen LogP contribution in [0.5, 0.6) is 0 Å². The lowest BCUT2D eigenvalue weighted by Crippen LogP contribution is -2.29. The fourth-order valence-electron chi connectivity index (χ4n) is 3.45. The number of anilines is 1. The van der Waals surface area contributed by atoms with E-state index in [0.29, 0.717) is 0 Å². The largest absolute Gasteiger partial charge is 0.368 e. The quantitative estimate of drug-likeness (QED) is 0.692. The summed E-state index contributed by atoms with van der Waals surface area (Å²) in [5, 5.41) is 3.19. The van der Waals surface area contributed by atoms with Crippen LogP contribution in [0.2, 0.25) is 0 Å². The number of hydrogen-bond acceptors (Lipinski definition) is 1. The lowest BCUT2D eigenvalue weighted by molar-refractivity contribution is 0.579. The lowest BCUT2D eigenvalue weighted by atomic mass is 10.1. The minimum absolute atomic E-state index is 0.269. The molecule has 112 valence electrons. The Morgan fingerprint density at radius 2 is 1.67 bits per heavy atom. The fourth-order valence-corrected chi connectivity index (χ4v) is 6.36. The van der Waals surface area contributed by atoms with E-state index in [1.807, 2.05) is 0 Å². The number of nitrogens with zero attached hydrogens (tertiary/aromatic N) is 1. The zero-order chi connectivity index (χ0) is 14.7. The molecular weight excluding hydrogens is 273 g/mol. The van der Waals surface area contributed by atoms with E-state index in [1.54, 1.807) is 16.3 Å². The monoisotopic (exact) mass is 299 g/mol. The molecule has 2 heteroatoms. The van der Waals surface area contributed by atoms with Crippen LogP contribution in [-0.2, 0) is 12.8 Å². The van der Waals surface area contributed by atoms with E-state index in [4.69, 9.17) is 0 Å².